The maximum atomic E-state index is 13.1. The standard InChI is InChI=1S/C21H27N5O3/c1-14(2)12-24-19(28)16-10-6-7-11-17(16)26-20(24)23-25(21(26)29)13-18(27)22-15-8-4-3-5-9-15/h6-7,10-11,14-15H,3-5,8-9,12-13H2,1-2H3,(H,22,27). The Morgan fingerprint density at radius 2 is 1.90 bits per heavy atom. The molecule has 1 aliphatic carbocycles. The monoisotopic (exact) mass is 397 g/mol. The highest BCUT2D eigenvalue weighted by Crippen LogP contribution is 2.17. The number of para-hydroxylation sites is 1. The van der Waals surface area contributed by atoms with Crippen LogP contribution in [0.25, 0.3) is 16.7 Å². The summed E-state index contributed by atoms with van der Waals surface area (Å²) in [6.07, 6.45) is 5.40. The molecule has 0 radical (unpaired) electrons. The largest absolute Gasteiger partial charge is 0.352 e. The molecule has 0 spiro atoms. The zero-order valence-electron chi connectivity index (χ0n) is 16.9. The van der Waals surface area contributed by atoms with Crippen LogP contribution < -0.4 is 16.6 Å². The number of amides is 1. The molecular formula is C21H27N5O3. The molecule has 1 amide bonds. The van der Waals surface area contributed by atoms with E-state index in [0.717, 1.165) is 30.4 Å². The van der Waals surface area contributed by atoms with E-state index in [1.807, 2.05) is 13.8 Å². The molecule has 0 atom stereocenters. The van der Waals surface area contributed by atoms with E-state index in [4.69, 9.17) is 0 Å². The van der Waals surface area contributed by atoms with Crippen LogP contribution in [-0.4, -0.2) is 30.7 Å². The first-order chi connectivity index (χ1) is 14.0. The summed E-state index contributed by atoms with van der Waals surface area (Å²) < 4.78 is 4.13. The zero-order chi connectivity index (χ0) is 20.5. The highest BCUT2D eigenvalue weighted by atomic mass is 16.2. The van der Waals surface area contributed by atoms with Crippen molar-refractivity contribution in [3.05, 3.63) is 45.1 Å². The van der Waals surface area contributed by atoms with Gasteiger partial charge in [0.25, 0.3) is 5.56 Å². The van der Waals surface area contributed by atoms with Gasteiger partial charge >= 0.3 is 5.69 Å². The smallest absolute Gasteiger partial charge is 0.352 e. The second-order valence-corrected chi connectivity index (χ2v) is 8.30. The van der Waals surface area contributed by atoms with Crippen LogP contribution in [0, 0.1) is 5.92 Å². The lowest BCUT2D eigenvalue weighted by molar-refractivity contribution is -0.122. The van der Waals surface area contributed by atoms with Crippen LogP contribution in [0.5, 0.6) is 0 Å². The molecule has 4 rings (SSSR count). The summed E-state index contributed by atoms with van der Waals surface area (Å²) in [5.74, 6) is 0.259. The molecule has 2 aromatic heterocycles. The lowest BCUT2D eigenvalue weighted by atomic mass is 9.95. The molecule has 0 unspecified atom stereocenters. The van der Waals surface area contributed by atoms with Crippen molar-refractivity contribution in [1.82, 2.24) is 24.1 Å². The molecule has 1 N–H and O–H groups in total. The van der Waals surface area contributed by atoms with E-state index in [0.29, 0.717) is 17.4 Å². The Bertz CT molecular complexity index is 1160. The fourth-order valence-corrected chi connectivity index (χ4v) is 4.16. The number of hydrogen-bond donors (Lipinski definition) is 1. The molecule has 3 aromatic rings. The molecule has 1 aliphatic rings. The van der Waals surface area contributed by atoms with E-state index in [1.54, 1.807) is 24.3 Å². The first-order valence-electron chi connectivity index (χ1n) is 10.4. The maximum Gasteiger partial charge on any atom is 0.352 e. The third-order valence-electron chi connectivity index (χ3n) is 5.50. The third kappa shape index (κ3) is 3.71. The van der Waals surface area contributed by atoms with Crippen molar-refractivity contribution >= 4 is 22.6 Å². The quantitative estimate of drug-likeness (QED) is 0.712. The molecule has 1 fully saturated rings. The number of carbonyl (C=O) groups excluding carboxylic acids is 1. The van der Waals surface area contributed by atoms with E-state index < -0.39 is 5.69 Å². The molecule has 154 valence electrons. The van der Waals surface area contributed by atoms with Crippen LogP contribution in [0.2, 0.25) is 0 Å². The van der Waals surface area contributed by atoms with Gasteiger partial charge in [-0.1, -0.05) is 45.2 Å². The summed E-state index contributed by atoms with van der Waals surface area (Å²) in [6, 6.07) is 7.19. The minimum absolute atomic E-state index is 0.152. The molecule has 0 aliphatic heterocycles. The first kappa shape index (κ1) is 19.4. The number of benzene rings is 1. The number of aromatic nitrogens is 4. The van der Waals surface area contributed by atoms with Crippen LogP contribution >= 0.6 is 0 Å². The van der Waals surface area contributed by atoms with Gasteiger partial charge in [0.05, 0.1) is 10.9 Å². The minimum atomic E-state index is -0.410. The van der Waals surface area contributed by atoms with Gasteiger partial charge in [-0.3, -0.25) is 14.2 Å². The summed E-state index contributed by atoms with van der Waals surface area (Å²) >= 11 is 0. The molecule has 2 heterocycles. The number of nitrogens with one attached hydrogen (secondary N) is 1. The number of fused-ring (bicyclic) bond motifs is 3. The van der Waals surface area contributed by atoms with Gasteiger partial charge in [0, 0.05) is 12.6 Å². The van der Waals surface area contributed by atoms with Gasteiger partial charge in [0.2, 0.25) is 11.7 Å². The molecule has 1 aromatic carbocycles. The molecule has 29 heavy (non-hydrogen) atoms. The average Bonchev–Trinajstić information content (AvgIpc) is 3.02. The Labute approximate surface area is 168 Å². The normalized spacial score (nSPS) is 15.4. The van der Waals surface area contributed by atoms with Crippen molar-refractivity contribution in [2.75, 3.05) is 0 Å². The Morgan fingerprint density at radius 1 is 1.17 bits per heavy atom. The summed E-state index contributed by atoms with van der Waals surface area (Å²) in [5.41, 5.74) is -0.0745. The predicted molar refractivity (Wildman–Crippen MR) is 111 cm³/mol. The Morgan fingerprint density at radius 3 is 2.62 bits per heavy atom. The van der Waals surface area contributed by atoms with E-state index in [1.165, 1.54) is 15.4 Å². The van der Waals surface area contributed by atoms with Crippen molar-refractivity contribution < 1.29 is 4.79 Å². The highest BCUT2D eigenvalue weighted by Gasteiger charge is 2.20. The highest BCUT2D eigenvalue weighted by molar-refractivity contribution is 5.80. The maximum absolute atomic E-state index is 13.1. The van der Waals surface area contributed by atoms with E-state index in [-0.39, 0.29) is 35.7 Å². The Balaban J connectivity index is 1.77. The van der Waals surface area contributed by atoms with Crippen LogP contribution in [0.3, 0.4) is 0 Å². The third-order valence-corrected chi connectivity index (χ3v) is 5.50. The van der Waals surface area contributed by atoms with Crippen LogP contribution in [0.15, 0.2) is 33.9 Å². The van der Waals surface area contributed by atoms with Crippen LogP contribution in [0.4, 0.5) is 0 Å². The average molecular weight is 397 g/mol. The van der Waals surface area contributed by atoms with E-state index >= 15 is 0 Å². The van der Waals surface area contributed by atoms with E-state index in [9.17, 15) is 14.4 Å². The Kier molecular flexibility index (Phi) is 5.25. The molecule has 0 saturated heterocycles. The number of carbonyl (C=O) groups is 1. The Hall–Kier alpha value is -2.90. The van der Waals surface area contributed by atoms with Crippen molar-refractivity contribution in [2.45, 2.75) is 65.1 Å². The molecule has 8 heteroatoms. The van der Waals surface area contributed by atoms with Crippen LogP contribution in [-0.2, 0) is 17.9 Å². The fraction of sp³-hybridized carbons (Fsp3) is 0.524. The van der Waals surface area contributed by atoms with Gasteiger partial charge in [0.15, 0.2) is 0 Å². The van der Waals surface area contributed by atoms with Crippen molar-refractivity contribution in [1.29, 1.82) is 0 Å². The number of nitrogens with zero attached hydrogens (tertiary/aromatic N) is 4. The lowest BCUT2D eigenvalue weighted by Crippen LogP contribution is -2.40. The topological polar surface area (TPSA) is 90.4 Å². The number of rotatable bonds is 5. The molecule has 8 nitrogen and oxygen atoms in total. The number of hydrogen-bond acceptors (Lipinski definition) is 4. The molecular weight excluding hydrogens is 370 g/mol. The predicted octanol–water partition coefficient (Wildman–Crippen LogP) is 1.92. The molecule has 1 saturated carbocycles. The summed E-state index contributed by atoms with van der Waals surface area (Å²) in [5, 5.41) is 7.86. The zero-order valence-corrected chi connectivity index (χ0v) is 16.9. The van der Waals surface area contributed by atoms with Crippen LogP contribution in [0.1, 0.15) is 46.0 Å². The first-order valence-corrected chi connectivity index (χ1v) is 10.4. The van der Waals surface area contributed by atoms with Crippen molar-refractivity contribution in [2.24, 2.45) is 5.92 Å². The second-order valence-electron chi connectivity index (χ2n) is 8.30. The van der Waals surface area contributed by atoms with Gasteiger partial charge in [-0.05, 0) is 30.9 Å². The fourth-order valence-electron chi connectivity index (χ4n) is 4.16. The van der Waals surface area contributed by atoms with Crippen molar-refractivity contribution in [3.63, 3.8) is 0 Å². The minimum Gasteiger partial charge on any atom is -0.352 e. The van der Waals surface area contributed by atoms with Gasteiger partial charge in [-0.2, -0.15) is 0 Å². The summed E-state index contributed by atoms with van der Waals surface area (Å²) in [6.45, 7) is 4.30. The van der Waals surface area contributed by atoms with Gasteiger partial charge in [-0.15, -0.1) is 5.10 Å². The summed E-state index contributed by atoms with van der Waals surface area (Å²) in [4.78, 5) is 38.6. The SMILES string of the molecule is CC(C)Cn1c(=O)c2ccccc2n2c(=O)n(CC(=O)NC3CCCCC3)nc12. The second kappa shape index (κ2) is 7.85. The lowest BCUT2D eigenvalue weighted by Gasteiger charge is -2.22. The van der Waals surface area contributed by atoms with Gasteiger partial charge < -0.3 is 5.32 Å². The van der Waals surface area contributed by atoms with E-state index in [2.05, 4.69) is 10.4 Å². The van der Waals surface area contributed by atoms with Crippen molar-refractivity contribution in [3.8, 4) is 0 Å². The molecule has 0 bridgehead atoms. The van der Waals surface area contributed by atoms with Gasteiger partial charge in [0.1, 0.15) is 6.54 Å². The van der Waals surface area contributed by atoms with Gasteiger partial charge in [-0.25, -0.2) is 13.9 Å². The summed E-state index contributed by atoms with van der Waals surface area (Å²) in [7, 11) is 0.